The Morgan fingerprint density at radius 3 is 2.43 bits per heavy atom. The molecule has 0 radical (unpaired) electrons. The molecule has 0 unspecified atom stereocenters. The van der Waals surface area contributed by atoms with Crippen LogP contribution in [-0.2, 0) is 19.3 Å². The Morgan fingerprint density at radius 1 is 1.00 bits per heavy atom. The van der Waals surface area contributed by atoms with Crippen LogP contribution in [0.2, 0.25) is 0 Å². The van der Waals surface area contributed by atoms with E-state index in [-0.39, 0.29) is 12.4 Å². The van der Waals surface area contributed by atoms with Crippen molar-refractivity contribution in [3.8, 4) is 5.75 Å². The predicted octanol–water partition coefficient (Wildman–Crippen LogP) is 5.26. The number of fused-ring (bicyclic) bond motifs is 1. The first-order chi connectivity index (χ1) is 11.0. The lowest BCUT2D eigenvalue weighted by Gasteiger charge is -2.14. The molecule has 0 amide bonds. The standard InChI is InChI=1S/C18H16F3NO/c1-2-22-14(11-13-7-3-5-9-16(13)22)12-23-17-10-6-4-8-15(17)18(19,20)21/h3-11H,2,12H2,1H3. The molecule has 120 valence electrons. The fourth-order valence-electron chi connectivity index (χ4n) is 2.74. The fourth-order valence-corrected chi connectivity index (χ4v) is 2.74. The van der Waals surface area contributed by atoms with Gasteiger partial charge < -0.3 is 9.30 Å². The molecule has 1 heterocycles. The quantitative estimate of drug-likeness (QED) is 0.640. The molecule has 0 spiro atoms. The Kier molecular flexibility index (Phi) is 4.03. The number of nitrogens with zero attached hydrogens (tertiary/aromatic N) is 1. The Bertz CT molecular complexity index is 820. The Morgan fingerprint density at radius 2 is 1.70 bits per heavy atom. The highest BCUT2D eigenvalue weighted by Gasteiger charge is 2.34. The number of aryl methyl sites for hydroxylation is 1. The molecule has 5 heteroatoms. The molecule has 2 nitrogen and oxygen atoms in total. The Labute approximate surface area is 132 Å². The first kappa shape index (κ1) is 15.5. The summed E-state index contributed by atoms with van der Waals surface area (Å²) in [7, 11) is 0. The van der Waals surface area contributed by atoms with Gasteiger partial charge in [0.25, 0.3) is 0 Å². The van der Waals surface area contributed by atoms with Crippen molar-refractivity contribution in [3.63, 3.8) is 0 Å². The Hall–Kier alpha value is -2.43. The number of rotatable bonds is 4. The molecule has 0 aliphatic heterocycles. The van der Waals surface area contributed by atoms with E-state index in [9.17, 15) is 13.2 Å². The molecule has 23 heavy (non-hydrogen) atoms. The third-order valence-corrected chi connectivity index (χ3v) is 3.78. The van der Waals surface area contributed by atoms with E-state index in [0.29, 0.717) is 0 Å². The second kappa shape index (κ2) is 5.99. The van der Waals surface area contributed by atoms with Crippen LogP contribution in [-0.4, -0.2) is 4.57 Å². The van der Waals surface area contributed by atoms with Crippen molar-refractivity contribution in [3.05, 3.63) is 65.9 Å². The number of alkyl halides is 3. The second-order valence-electron chi connectivity index (χ2n) is 5.22. The van der Waals surface area contributed by atoms with E-state index in [1.165, 1.54) is 12.1 Å². The molecule has 0 N–H and O–H groups in total. The molecule has 3 rings (SSSR count). The van der Waals surface area contributed by atoms with Gasteiger partial charge in [0, 0.05) is 12.1 Å². The number of para-hydroxylation sites is 2. The molecule has 0 saturated heterocycles. The van der Waals surface area contributed by atoms with Crippen molar-refractivity contribution < 1.29 is 17.9 Å². The van der Waals surface area contributed by atoms with Gasteiger partial charge in [-0.3, -0.25) is 0 Å². The third-order valence-electron chi connectivity index (χ3n) is 3.78. The number of halogens is 3. The van der Waals surface area contributed by atoms with Crippen molar-refractivity contribution >= 4 is 10.9 Å². The normalized spacial score (nSPS) is 11.8. The summed E-state index contributed by atoms with van der Waals surface area (Å²) < 4.78 is 46.5. The molecule has 0 saturated carbocycles. The number of hydrogen-bond acceptors (Lipinski definition) is 1. The summed E-state index contributed by atoms with van der Waals surface area (Å²) in [5, 5.41) is 1.05. The van der Waals surface area contributed by atoms with E-state index < -0.39 is 11.7 Å². The number of ether oxygens (including phenoxy) is 1. The summed E-state index contributed by atoms with van der Waals surface area (Å²) in [6.45, 7) is 2.82. The molecular weight excluding hydrogens is 303 g/mol. The summed E-state index contributed by atoms with van der Waals surface area (Å²) in [5.41, 5.74) is 1.16. The van der Waals surface area contributed by atoms with Gasteiger partial charge in [0.2, 0.25) is 0 Å². The minimum absolute atomic E-state index is 0.0929. The fraction of sp³-hybridized carbons (Fsp3) is 0.222. The average Bonchev–Trinajstić information content (AvgIpc) is 2.89. The van der Waals surface area contributed by atoms with E-state index in [1.807, 2.05) is 41.8 Å². The molecule has 0 bridgehead atoms. The largest absolute Gasteiger partial charge is 0.487 e. The van der Waals surface area contributed by atoms with Crippen molar-refractivity contribution in [2.45, 2.75) is 26.3 Å². The molecule has 0 aliphatic carbocycles. The van der Waals surface area contributed by atoms with E-state index in [4.69, 9.17) is 4.74 Å². The molecule has 1 aromatic heterocycles. The smallest absolute Gasteiger partial charge is 0.419 e. The molecule has 0 fully saturated rings. The Balaban J connectivity index is 1.90. The van der Waals surface area contributed by atoms with Gasteiger partial charge in [-0.15, -0.1) is 0 Å². The highest BCUT2D eigenvalue weighted by atomic mass is 19.4. The highest BCUT2D eigenvalue weighted by molar-refractivity contribution is 5.81. The summed E-state index contributed by atoms with van der Waals surface area (Å²) in [4.78, 5) is 0. The van der Waals surface area contributed by atoms with E-state index in [0.717, 1.165) is 29.2 Å². The summed E-state index contributed by atoms with van der Waals surface area (Å²) in [6.07, 6.45) is -4.42. The summed E-state index contributed by atoms with van der Waals surface area (Å²) >= 11 is 0. The van der Waals surface area contributed by atoms with Gasteiger partial charge in [-0.2, -0.15) is 13.2 Å². The van der Waals surface area contributed by atoms with Crippen molar-refractivity contribution in [1.82, 2.24) is 4.57 Å². The van der Waals surface area contributed by atoms with Crippen LogP contribution in [0.5, 0.6) is 5.75 Å². The van der Waals surface area contributed by atoms with Crippen LogP contribution in [0.3, 0.4) is 0 Å². The van der Waals surface area contributed by atoms with Gasteiger partial charge in [0.05, 0.1) is 11.3 Å². The van der Waals surface area contributed by atoms with Crippen molar-refractivity contribution in [1.29, 1.82) is 0 Å². The maximum absolute atomic E-state index is 13.0. The van der Waals surface area contributed by atoms with Crippen LogP contribution in [0.1, 0.15) is 18.2 Å². The maximum atomic E-state index is 13.0. The molecule has 0 aliphatic rings. The van der Waals surface area contributed by atoms with E-state index in [2.05, 4.69) is 0 Å². The number of benzene rings is 2. The molecule has 3 aromatic rings. The van der Waals surface area contributed by atoms with Crippen molar-refractivity contribution in [2.75, 3.05) is 0 Å². The van der Waals surface area contributed by atoms with E-state index in [1.54, 1.807) is 6.07 Å². The number of aromatic nitrogens is 1. The minimum Gasteiger partial charge on any atom is -0.487 e. The van der Waals surface area contributed by atoms with Gasteiger partial charge >= 0.3 is 6.18 Å². The lowest BCUT2D eigenvalue weighted by molar-refractivity contribution is -0.139. The zero-order chi connectivity index (χ0) is 16.4. The molecule has 0 atom stereocenters. The van der Waals surface area contributed by atoms with Crippen molar-refractivity contribution in [2.24, 2.45) is 0 Å². The lowest BCUT2D eigenvalue weighted by atomic mass is 10.2. The van der Waals surface area contributed by atoms with Gasteiger partial charge in [-0.25, -0.2) is 0 Å². The maximum Gasteiger partial charge on any atom is 0.419 e. The van der Waals surface area contributed by atoms with Gasteiger partial charge in [0.1, 0.15) is 12.4 Å². The molecular formula is C18H16F3NO. The monoisotopic (exact) mass is 319 g/mol. The van der Waals surface area contributed by atoms with Crippen LogP contribution < -0.4 is 4.74 Å². The predicted molar refractivity (Wildman–Crippen MR) is 83.4 cm³/mol. The van der Waals surface area contributed by atoms with Crippen LogP contribution in [0.15, 0.2) is 54.6 Å². The van der Waals surface area contributed by atoms with Crippen LogP contribution in [0.25, 0.3) is 10.9 Å². The first-order valence-corrected chi connectivity index (χ1v) is 7.37. The molecule has 2 aromatic carbocycles. The van der Waals surface area contributed by atoms with Crippen LogP contribution in [0.4, 0.5) is 13.2 Å². The third kappa shape index (κ3) is 3.04. The zero-order valence-electron chi connectivity index (χ0n) is 12.6. The van der Waals surface area contributed by atoms with Crippen LogP contribution in [0, 0.1) is 0 Å². The zero-order valence-corrected chi connectivity index (χ0v) is 12.6. The van der Waals surface area contributed by atoms with Crippen LogP contribution >= 0.6 is 0 Å². The first-order valence-electron chi connectivity index (χ1n) is 7.37. The summed E-state index contributed by atoms with van der Waals surface area (Å²) in [6, 6.07) is 15.1. The highest BCUT2D eigenvalue weighted by Crippen LogP contribution is 2.36. The van der Waals surface area contributed by atoms with Gasteiger partial charge in [0.15, 0.2) is 0 Å². The van der Waals surface area contributed by atoms with Gasteiger partial charge in [-0.1, -0.05) is 30.3 Å². The van der Waals surface area contributed by atoms with E-state index >= 15 is 0 Å². The topological polar surface area (TPSA) is 14.2 Å². The lowest BCUT2D eigenvalue weighted by Crippen LogP contribution is -2.10. The second-order valence-corrected chi connectivity index (χ2v) is 5.22. The SMILES string of the molecule is CCn1c(COc2ccccc2C(F)(F)F)cc2ccccc21. The minimum atomic E-state index is -4.42. The van der Waals surface area contributed by atoms with Gasteiger partial charge in [-0.05, 0) is 36.6 Å². The average molecular weight is 319 g/mol. The number of hydrogen-bond donors (Lipinski definition) is 0. The summed E-state index contributed by atoms with van der Waals surface area (Å²) in [5.74, 6) is -0.145.